The number of hydrogen-bond acceptors (Lipinski definition) is 1. The van der Waals surface area contributed by atoms with Crippen LogP contribution in [0.3, 0.4) is 0 Å². The van der Waals surface area contributed by atoms with Gasteiger partial charge in [-0.2, -0.15) is 0 Å². The Morgan fingerprint density at radius 1 is 0.625 bits per heavy atom. The molecule has 0 unspecified atom stereocenters. The molecule has 132 valence electrons. The van der Waals surface area contributed by atoms with Crippen LogP contribution >= 0.6 is 0 Å². The molecule has 0 rings (SSSR count). The van der Waals surface area contributed by atoms with Crippen molar-refractivity contribution >= 4 is 5.97 Å². The smallest absolute Gasteiger partial charge is 0.303 e. The van der Waals surface area contributed by atoms with E-state index in [-0.39, 0.29) is 6.42 Å². The van der Waals surface area contributed by atoms with Gasteiger partial charge < -0.3 is 5.11 Å². The monoisotopic (exact) mass is 332 g/mol. The van der Waals surface area contributed by atoms with Crippen LogP contribution in [0.2, 0.25) is 0 Å². The molecule has 2 nitrogen and oxygen atoms in total. The molecule has 0 aliphatic heterocycles. The van der Waals surface area contributed by atoms with Crippen LogP contribution in [-0.4, -0.2) is 11.1 Å². The number of carboxylic acids is 1. The molecule has 0 spiro atoms. The van der Waals surface area contributed by atoms with Gasteiger partial charge >= 0.3 is 5.97 Å². The van der Waals surface area contributed by atoms with E-state index in [1.165, 1.54) is 0 Å². The number of hydrogen-bond donors (Lipinski definition) is 1. The fraction of sp³-hybridized carbons (Fsp3) is 0.409. The van der Waals surface area contributed by atoms with Gasteiger partial charge in [-0.15, -0.1) is 0 Å². The topological polar surface area (TPSA) is 37.3 Å². The molecule has 0 saturated heterocycles. The molecule has 0 amide bonds. The lowest BCUT2D eigenvalue weighted by molar-refractivity contribution is -0.136. The highest BCUT2D eigenvalue weighted by Crippen LogP contribution is 1.97. The largest absolute Gasteiger partial charge is 0.481 e. The number of carbonyl (C=O) groups is 1. The minimum Gasteiger partial charge on any atom is -0.481 e. The first-order valence-corrected chi connectivity index (χ1v) is 8.89. The first kappa shape index (κ1) is 21.9. The SMILES string of the molecule is CC/C=C\C/C=C\C/C=C\C/C=C\C/C=C\C/C=[13CH]\[13CH2][13CH2][13C](=O)O. The Kier molecular flexibility index (Phi) is 17.3. The van der Waals surface area contributed by atoms with Crippen LogP contribution in [0.1, 0.15) is 58.3 Å². The predicted molar refractivity (Wildman–Crippen MR) is 105 cm³/mol. The Balaban J connectivity index is 3.51. The lowest BCUT2D eigenvalue weighted by Gasteiger charge is -1.87. The summed E-state index contributed by atoms with van der Waals surface area (Å²) in [4.78, 5) is 10.3. The van der Waals surface area contributed by atoms with Gasteiger partial charge in [0.1, 0.15) is 0 Å². The average Bonchev–Trinajstić information content (AvgIpc) is 2.56. The fourth-order valence-electron chi connectivity index (χ4n) is 1.85. The van der Waals surface area contributed by atoms with Crippen molar-refractivity contribution in [1.29, 1.82) is 0 Å². The molecule has 0 aliphatic carbocycles. The summed E-state index contributed by atoms with van der Waals surface area (Å²) in [7, 11) is 0. The molecule has 0 radical (unpaired) electrons. The van der Waals surface area contributed by atoms with Crippen LogP contribution in [-0.2, 0) is 4.79 Å². The Labute approximate surface area is 147 Å². The van der Waals surface area contributed by atoms with Crippen molar-refractivity contribution in [2.75, 3.05) is 0 Å². The van der Waals surface area contributed by atoms with Gasteiger partial charge in [-0.1, -0.05) is 79.8 Å². The highest BCUT2D eigenvalue weighted by atomic mass is 16.5. The molecule has 0 fully saturated rings. The van der Waals surface area contributed by atoms with Gasteiger partial charge in [0.2, 0.25) is 0 Å². The number of aliphatic carboxylic acids is 1. The van der Waals surface area contributed by atoms with Gasteiger partial charge in [0.25, 0.3) is 0 Å². The maximum absolute atomic E-state index is 10.3. The Bertz CT molecular complexity index is 462. The lowest BCUT2D eigenvalue weighted by atomic mass is 10.2. The molecule has 2 heteroatoms. The zero-order chi connectivity index (χ0) is 17.7. The molecule has 0 aromatic heterocycles. The van der Waals surface area contributed by atoms with Crippen molar-refractivity contribution < 1.29 is 9.90 Å². The predicted octanol–water partition coefficient (Wildman–Crippen LogP) is 6.55. The normalized spacial score (nSPS) is 13.0. The van der Waals surface area contributed by atoms with Crippen molar-refractivity contribution in [3.8, 4) is 0 Å². The molecule has 0 bridgehead atoms. The molecule has 1 N–H and O–H groups in total. The quantitative estimate of drug-likeness (QED) is 0.289. The van der Waals surface area contributed by atoms with E-state index < -0.39 is 5.97 Å². The highest BCUT2D eigenvalue weighted by molar-refractivity contribution is 5.66. The van der Waals surface area contributed by atoms with E-state index in [1.54, 1.807) is 0 Å². The number of rotatable bonds is 14. The highest BCUT2D eigenvalue weighted by Gasteiger charge is 1.90. The van der Waals surface area contributed by atoms with Crippen molar-refractivity contribution in [3.05, 3.63) is 72.9 Å². The molecular formula is C22H32O2. The van der Waals surface area contributed by atoms with Gasteiger partial charge in [0, 0.05) is 6.42 Å². The third-order valence-electron chi connectivity index (χ3n) is 3.12. The maximum atomic E-state index is 10.3. The van der Waals surface area contributed by atoms with Gasteiger partial charge in [-0.25, -0.2) is 0 Å². The molecule has 0 aromatic rings. The van der Waals surface area contributed by atoms with Crippen LogP contribution < -0.4 is 0 Å². The molecular weight excluding hydrogens is 300 g/mol. The second kappa shape index (κ2) is 19.0. The molecule has 0 heterocycles. The van der Waals surface area contributed by atoms with Crippen LogP contribution in [0.5, 0.6) is 0 Å². The Hall–Kier alpha value is -2.09. The van der Waals surface area contributed by atoms with Crippen LogP contribution in [0, 0.1) is 0 Å². The first-order chi connectivity index (χ1) is 11.8. The molecule has 0 saturated carbocycles. The minimum absolute atomic E-state index is 0.210. The average molecular weight is 332 g/mol. The molecule has 24 heavy (non-hydrogen) atoms. The lowest BCUT2D eigenvalue weighted by Crippen LogP contribution is -1.91. The summed E-state index contributed by atoms with van der Waals surface area (Å²) < 4.78 is 0. The summed E-state index contributed by atoms with van der Waals surface area (Å²) in [6.45, 7) is 2.15. The van der Waals surface area contributed by atoms with E-state index in [2.05, 4.69) is 67.7 Å². The third kappa shape index (κ3) is 19.9. The van der Waals surface area contributed by atoms with E-state index in [1.807, 2.05) is 12.2 Å². The van der Waals surface area contributed by atoms with E-state index >= 15 is 0 Å². The summed E-state index contributed by atoms with van der Waals surface area (Å²) in [5, 5.41) is 8.49. The summed E-state index contributed by atoms with van der Waals surface area (Å²) in [5.74, 6) is -0.741. The van der Waals surface area contributed by atoms with Gasteiger partial charge in [0.05, 0.1) is 0 Å². The first-order valence-electron chi connectivity index (χ1n) is 8.89. The van der Waals surface area contributed by atoms with E-state index in [0.717, 1.165) is 38.5 Å². The molecule has 0 aromatic carbocycles. The molecule has 0 atom stereocenters. The van der Waals surface area contributed by atoms with Crippen molar-refractivity contribution in [1.82, 2.24) is 0 Å². The Morgan fingerprint density at radius 3 is 1.29 bits per heavy atom. The van der Waals surface area contributed by atoms with Crippen LogP contribution in [0.25, 0.3) is 0 Å². The van der Waals surface area contributed by atoms with E-state index in [4.69, 9.17) is 5.11 Å². The van der Waals surface area contributed by atoms with Crippen molar-refractivity contribution in [3.63, 3.8) is 0 Å². The minimum atomic E-state index is -0.741. The Morgan fingerprint density at radius 2 is 0.958 bits per heavy atom. The summed E-state index contributed by atoms with van der Waals surface area (Å²) in [5.41, 5.74) is 0. The maximum Gasteiger partial charge on any atom is 0.303 e. The number of allylic oxidation sites excluding steroid dienone is 12. The third-order valence-corrected chi connectivity index (χ3v) is 3.12. The second-order valence-electron chi connectivity index (χ2n) is 5.35. The van der Waals surface area contributed by atoms with Crippen molar-refractivity contribution in [2.24, 2.45) is 0 Å². The molecule has 0 aliphatic rings. The van der Waals surface area contributed by atoms with Gasteiger partial charge in [-0.3, -0.25) is 4.79 Å². The van der Waals surface area contributed by atoms with E-state index in [0.29, 0.717) is 6.42 Å². The van der Waals surface area contributed by atoms with Gasteiger partial charge in [0.15, 0.2) is 0 Å². The standard InChI is InChI=1S/C22H32O2/c1-2-3-4-5-6-7-8-9-10-11-12-13-14-15-16-17-18-19-20-21-22(23)24/h3-4,6-7,9-10,12-13,15-16,18-19H,2,5,8,11,14,17,20-21H2,1H3,(H,23,24)/b4-3-,7-6-,10-9-,13-12-,16-15-,19-18-/i19+1,20+1,21+1,22+1. The van der Waals surface area contributed by atoms with Crippen molar-refractivity contribution in [2.45, 2.75) is 58.3 Å². The summed E-state index contributed by atoms with van der Waals surface area (Å²) >= 11 is 0. The van der Waals surface area contributed by atoms with Gasteiger partial charge in [-0.05, 0) is 44.9 Å². The van der Waals surface area contributed by atoms with Crippen LogP contribution in [0.15, 0.2) is 72.9 Å². The number of carboxylic acid groups (broad SMARTS) is 1. The van der Waals surface area contributed by atoms with Crippen LogP contribution in [0.4, 0.5) is 0 Å². The van der Waals surface area contributed by atoms with E-state index in [9.17, 15) is 4.79 Å². The second-order valence-corrected chi connectivity index (χ2v) is 5.35. The summed E-state index contributed by atoms with van der Waals surface area (Å²) in [6.07, 6.45) is 32.5. The zero-order valence-electron chi connectivity index (χ0n) is 14.9. The fourth-order valence-corrected chi connectivity index (χ4v) is 1.85. The zero-order valence-corrected chi connectivity index (χ0v) is 14.9. The summed E-state index contributed by atoms with van der Waals surface area (Å²) in [6, 6.07) is 0.